The first-order valence-electron chi connectivity index (χ1n) is 17.5. The second kappa shape index (κ2) is 14.2. The number of carbonyl (C=O) groups excluding carboxylic acids is 1. The van der Waals surface area contributed by atoms with E-state index in [1.807, 2.05) is 51.2 Å². The number of nitriles is 1. The number of amides is 1. The molecule has 4 N–H and O–H groups in total. The van der Waals surface area contributed by atoms with Gasteiger partial charge in [0.05, 0.1) is 25.3 Å². The van der Waals surface area contributed by atoms with Gasteiger partial charge in [0.2, 0.25) is 12.7 Å². The molecule has 4 aliphatic heterocycles. The van der Waals surface area contributed by atoms with Gasteiger partial charge >= 0.3 is 0 Å². The Hall–Kier alpha value is -5.03. The van der Waals surface area contributed by atoms with Crippen molar-refractivity contribution in [3.05, 3.63) is 82.4 Å². The Balaban J connectivity index is 1.31. The smallest absolute Gasteiger partial charge is 0.242 e. The number of hydrogen-bond donors (Lipinski definition) is 4. The highest BCUT2D eigenvalue weighted by Gasteiger charge is 2.56. The van der Waals surface area contributed by atoms with Crippen LogP contribution in [-0.4, -0.2) is 84.2 Å². The second-order valence-corrected chi connectivity index (χ2v) is 14.2. The summed E-state index contributed by atoms with van der Waals surface area (Å²) < 4.78 is 24.3. The molecule has 1 saturated heterocycles. The van der Waals surface area contributed by atoms with Crippen LogP contribution in [0.3, 0.4) is 0 Å². The number of likely N-dealkylation sites (N-methyl/N-ethyl adjacent to an activating group) is 1. The van der Waals surface area contributed by atoms with Crippen LogP contribution >= 0.6 is 12.2 Å². The molecule has 0 aromatic heterocycles. The summed E-state index contributed by atoms with van der Waals surface area (Å²) in [6, 6.07) is 11.7. The van der Waals surface area contributed by atoms with E-state index < -0.39 is 18.1 Å². The predicted molar refractivity (Wildman–Crippen MR) is 200 cm³/mol. The zero-order valence-corrected chi connectivity index (χ0v) is 30.8. The van der Waals surface area contributed by atoms with E-state index in [2.05, 4.69) is 44.5 Å². The van der Waals surface area contributed by atoms with Crippen molar-refractivity contribution in [1.29, 1.82) is 5.26 Å². The Labute approximate surface area is 309 Å². The molecule has 272 valence electrons. The normalized spacial score (nSPS) is 23.2. The van der Waals surface area contributed by atoms with Gasteiger partial charge in [-0.1, -0.05) is 36.9 Å². The minimum atomic E-state index is -0.671. The van der Waals surface area contributed by atoms with Gasteiger partial charge in [0, 0.05) is 46.6 Å². The zero-order chi connectivity index (χ0) is 36.8. The lowest BCUT2D eigenvalue weighted by atomic mass is 9.71. The molecular weight excluding hydrogens is 681 g/mol. The van der Waals surface area contributed by atoms with Gasteiger partial charge in [-0.3, -0.25) is 14.6 Å². The number of fused-ring (bicyclic) bond motifs is 9. The van der Waals surface area contributed by atoms with E-state index in [1.165, 1.54) is 0 Å². The number of nitrogens with zero attached hydrogens (tertiary/aromatic N) is 3. The molecule has 0 radical (unpaired) electrons. The summed E-state index contributed by atoms with van der Waals surface area (Å²) in [7, 11) is 3.59. The number of ether oxygens (including phenoxy) is 4. The molecule has 4 aliphatic rings. The van der Waals surface area contributed by atoms with Crippen molar-refractivity contribution < 1.29 is 28.8 Å². The lowest BCUT2D eigenvalue weighted by molar-refractivity contribution is -0.123. The number of aryl methyl sites for hydroxylation is 1. The van der Waals surface area contributed by atoms with Gasteiger partial charge in [0.1, 0.15) is 24.4 Å². The largest absolute Gasteiger partial charge is 0.504 e. The summed E-state index contributed by atoms with van der Waals surface area (Å²) in [5.74, 6) is 2.14. The lowest BCUT2D eigenvalue weighted by Gasteiger charge is -2.60. The van der Waals surface area contributed by atoms with Crippen LogP contribution in [0.5, 0.6) is 28.7 Å². The Morgan fingerprint density at radius 2 is 1.92 bits per heavy atom. The number of nitrogens with one attached hydrogen (secondary N) is 3. The van der Waals surface area contributed by atoms with Crippen LogP contribution in [0, 0.1) is 25.2 Å². The van der Waals surface area contributed by atoms with Gasteiger partial charge in [-0.2, -0.15) is 5.26 Å². The average molecular weight is 725 g/mol. The zero-order valence-electron chi connectivity index (χ0n) is 30.0. The fraction of sp³-hybridized carbons (Fsp3) is 0.410. The molecule has 52 heavy (non-hydrogen) atoms. The summed E-state index contributed by atoms with van der Waals surface area (Å²) in [4.78, 5) is 18.2. The standard InChI is InChI=1S/C39H44N6O6S/c1-7-13-49-35-21(3)36-37(51-19-50-36)31-25(35)16-27-32-30-23(14-20(2)34(48-6)33(30)46)15-26(44(32)5)28(17-40)45(27)29(31)18-41-38(47)22(4)42-39(52)43-24-11-9-8-10-12-24/h7-12,14,22,26-29,32,46H,1,13,15-16,18-19H2,2-6H3,(H,41,47)(H2,42,43,52)/t22-,26+,27-,28-,29-,32-/m0/s1. The van der Waals surface area contributed by atoms with Crippen LogP contribution in [0.1, 0.15) is 52.4 Å². The predicted octanol–water partition coefficient (Wildman–Crippen LogP) is 4.57. The SMILES string of the molecule is C=CCOc1c(C)c2c(c3c1C[C@H]1[C@H]4c5c(cc(C)c(OC)c5O)C[C@H]([C@H](C#N)N1[C@H]3CNC(=O)[C@H](C)NC(=S)Nc1ccccc1)N4C)OCO2. The number of piperazine rings is 1. The second-order valence-electron chi connectivity index (χ2n) is 13.8. The van der Waals surface area contributed by atoms with E-state index in [9.17, 15) is 15.2 Å². The van der Waals surface area contributed by atoms with Crippen molar-refractivity contribution in [1.82, 2.24) is 20.4 Å². The van der Waals surface area contributed by atoms with E-state index in [1.54, 1.807) is 20.1 Å². The van der Waals surface area contributed by atoms with Crippen LogP contribution in [0.2, 0.25) is 0 Å². The van der Waals surface area contributed by atoms with Gasteiger partial charge in [0.15, 0.2) is 28.1 Å². The molecule has 0 aliphatic carbocycles. The minimum absolute atomic E-state index is 0.0406. The number of carbonyl (C=O) groups is 1. The quantitative estimate of drug-likeness (QED) is 0.182. The van der Waals surface area contributed by atoms with Crippen LogP contribution in [-0.2, 0) is 17.6 Å². The van der Waals surface area contributed by atoms with Gasteiger partial charge < -0.3 is 40.0 Å². The first-order chi connectivity index (χ1) is 25.1. The number of anilines is 1. The van der Waals surface area contributed by atoms with Crippen LogP contribution in [0.4, 0.5) is 5.69 Å². The minimum Gasteiger partial charge on any atom is -0.504 e. The molecule has 1 amide bonds. The molecule has 2 bridgehead atoms. The summed E-state index contributed by atoms with van der Waals surface area (Å²) in [6.07, 6.45) is 2.74. The highest BCUT2D eigenvalue weighted by Crippen LogP contribution is 2.58. The van der Waals surface area contributed by atoms with Gasteiger partial charge in [-0.05, 0) is 76.1 Å². The molecular formula is C39H44N6O6S. The number of rotatable bonds is 9. The Morgan fingerprint density at radius 1 is 1.17 bits per heavy atom. The number of hydrogen-bond acceptors (Lipinski definition) is 10. The van der Waals surface area contributed by atoms with E-state index in [0.29, 0.717) is 41.0 Å². The van der Waals surface area contributed by atoms with Crippen molar-refractivity contribution >= 4 is 28.9 Å². The molecule has 7 rings (SSSR count). The van der Waals surface area contributed by atoms with Crippen LogP contribution < -0.4 is 34.9 Å². The number of thiocarbonyl (C=S) groups is 1. The fourth-order valence-corrected chi connectivity index (χ4v) is 8.96. The summed E-state index contributed by atoms with van der Waals surface area (Å²) in [6.45, 7) is 9.96. The van der Waals surface area contributed by atoms with Gasteiger partial charge in [-0.15, -0.1) is 0 Å². The van der Waals surface area contributed by atoms with E-state index >= 15 is 0 Å². The molecule has 0 unspecified atom stereocenters. The molecule has 1 fully saturated rings. The lowest BCUT2D eigenvalue weighted by Crippen LogP contribution is -2.69. The molecule has 0 spiro atoms. The highest BCUT2D eigenvalue weighted by molar-refractivity contribution is 7.80. The third-order valence-corrected chi connectivity index (χ3v) is 11.1. The first-order valence-corrected chi connectivity index (χ1v) is 17.9. The van der Waals surface area contributed by atoms with Crippen molar-refractivity contribution in [2.75, 3.05) is 39.4 Å². The van der Waals surface area contributed by atoms with Crippen molar-refractivity contribution in [2.45, 2.75) is 69.9 Å². The Morgan fingerprint density at radius 3 is 2.63 bits per heavy atom. The maximum atomic E-state index is 13.8. The van der Waals surface area contributed by atoms with Gasteiger partial charge in [0.25, 0.3) is 0 Å². The Kier molecular flexibility index (Phi) is 9.65. The molecule has 3 aromatic carbocycles. The van der Waals surface area contributed by atoms with E-state index in [-0.39, 0.29) is 49.7 Å². The number of phenols is 1. The monoisotopic (exact) mass is 724 g/mol. The number of aromatic hydroxyl groups is 1. The van der Waals surface area contributed by atoms with Crippen LogP contribution in [0.15, 0.2) is 49.1 Å². The van der Waals surface area contributed by atoms with E-state index in [0.717, 1.165) is 39.1 Å². The maximum absolute atomic E-state index is 13.8. The average Bonchev–Trinajstić information content (AvgIpc) is 3.62. The summed E-state index contributed by atoms with van der Waals surface area (Å²) in [5, 5.41) is 32.4. The highest BCUT2D eigenvalue weighted by atomic mass is 32.1. The molecule has 6 atom stereocenters. The van der Waals surface area contributed by atoms with Crippen molar-refractivity contribution in [3.8, 4) is 34.8 Å². The van der Waals surface area contributed by atoms with E-state index in [4.69, 9.17) is 31.2 Å². The molecule has 4 heterocycles. The topological polar surface area (TPSA) is 141 Å². The summed E-state index contributed by atoms with van der Waals surface area (Å²) >= 11 is 5.51. The molecule has 12 nitrogen and oxygen atoms in total. The number of methoxy groups -OCH3 is 1. The van der Waals surface area contributed by atoms with Gasteiger partial charge in [-0.25, -0.2) is 0 Å². The molecule has 13 heteroatoms. The number of benzene rings is 3. The fourth-order valence-electron chi connectivity index (χ4n) is 8.67. The Bertz CT molecular complexity index is 1970. The van der Waals surface area contributed by atoms with Crippen molar-refractivity contribution in [3.63, 3.8) is 0 Å². The first kappa shape index (κ1) is 35.4. The third kappa shape index (κ3) is 5.84. The molecule has 0 saturated carbocycles. The summed E-state index contributed by atoms with van der Waals surface area (Å²) in [5.41, 5.74) is 5.99. The van der Waals surface area contributed by atoms with Crippen LogP contribution in [0.25, 0.3) is 0 Å². The third-order valence-electron chi connectivity index (χ3n) is 10.9. The molecule has 3 aromatic rings. The number of para-hydroxylation sites is 1. The maximum Gasteiger partial charge on any atom is 0.242 e. The van der Waals surface area contributed by atoms with Crippen molar-refractivity contribution in [2.24, 2.45) is 0 Å². The number of phenolic OH excluding ortho intramolecular Hbond substituents is 1.